The minimum atomic E-state index is -0.990. The van der Waals surface area contributed by atoms with Crippen molar-refractivity contribution in [2.24, 2.45) is 7.05 Å². The van der Waals surface area contributed by atoms with Crippen LogP contribution in [-0.2, 0) is 13.6 Å². The van der Waals surface area contributed by atoms with Gasteiger partial charge in [0.1, 0.15) is 11.4 Å². The SMILES string of the molecule is Cc1ncc2cc(/C=C/CNC(=O)c3c(C)n(C)n(Cc4ccc(F)c(F)c4)c3=O)ccc2n1. The molecule has 0 fully saturated rings. The third-order valence-electron chi connectivity index (χ3n) is 5.62. The third-order valence-corrected chi connectivity index (χ3v) is 5.62. The van der Waals surface area contributed by atoms with Crippen LogP contribution in [0, 0.1) is 25.5 Å². The van der Waals surface area contributed by atoms with Crippen molar-refractivity contribution in [3.05, 3.63) is 98.9 Å². The molecular formula is C25H23F2N5O2. The molecule has 34 heavy (non-hydrogen) atoms. The summed E-state index contributed by atoms with van der Waals surface area (Å²) in [5.41, 5.74) is 2.18. The predicted molar refractivity (Wildman–Crippen MR) is 126 cm³/mol. The topological polar surface area (TPSA) is 81.8 Å². The molecule has 4 aromatic rings. The lowest BCUT2D eigenvalue weighted by molar-refractivity contribution is 0.0956. The van der Waals surface area contributed by atoms with Crippen LogP contribution in [0.4, 0.5) is 8.78 Å². The maximum atomic E-state index is 13.5. The van der Waals surface area contributed by atoms with Crippen molar-refractivity contribution in [3.63, 3.8) is 0 Å². The number of hydrogen-bond acceptors (Lipinski definition) is 4. The van der Waals surface area contributed by atoms with E-state index < -0.39 is 23.1 Å². The quantitative estimate of drug-likeness (QED) is 0.475. The lowest BCUT2D eigenvalue weighted by Gasteiger charge is -2.08. The monoisotopic (exact) mass is 463 g/mol. The summed E-state index contributed by atoms with van der Waals surface area (Å²) in [6, 6.07) is 9.23. The fourth-order valence-electron chi connectivity index (χ4n) is 3.70. The first-order valence-electron chi connectivity index (χ1n) is 10.6. The molecule has 1 N–H and O–H groups in total. The number of fused-ring (bicyclic) bond motifs is 1. The van der Waals surface area contributed by atoms with Crippen molar-refractivity contribution >= 4 is 22.9 Å². The van der Waals surface area contributed by atoms with Crippen LogP contribution >= 0.6 is 0 Å². The van der Waals surface area contributed by atoms with Crippen LogP contribution in [-0.4, -0.2) is 31.8 Å². The van der Waals surface area contributed by atoms with Crippen molar-refractivity contribution in [2.45, 2.75) is 20.4 Å². The molecule has 0 bridgehead atoms. The number of carbonyl (C=O) groups is 1. The molecule has 9 heteroatoms. The second-order valence-corrected chi connectivity index (χ2v) is 7.94. The van der Waals surface area contributed by atoms with E-state index in [0.29, 0.717) is 17.1 Å². The summed E-state index contributed by atoms with van der Waals surface area (Å²) in [5, 5.41) is 3.64. The highest BCUT2D eigenvalue weighted by molar-refractivity contribution is 5.95. The normalized spacial score (nSPS) is 11.4. The van der Waals surface area contributed by atoms with Gasteiger partial charge in [0, 0.05) is 30.9 Å². The standard InChI is InChI=1S/C25H23F2N5O2/c1-15-23(25(34)32(31(15)3)14-18-6-8-20(26)21(27)12-18)24(33)28-10-4-5-17-7-9-22-19(11-17)13-29-16(2)30-22/h4-9,11-13H,10,14H2,1-3H3,(H,28,33)/b5-4+. The van der Waals surface area contributed by atoms with Crippen LogP contribution in [0.2, 0.25) is 0 Å². The van der Waals surface area contributed by atoms with Gasteiger partial charge in [-0.2, -0.15) is 0 Å². The van der Waals surface area contributed by atoms with E-state index in [1.165, 1.54) is 15.4 Å². The number of aromatic nitrogens is 4. The van der Waals surface area contributed by atoms with Crippen molar-refractivity contribution in [1.82, 2.24) is 24.6 Å². The van der Waals surface area contributed by atoms with Crippen LogP contribution in [0.1, 0.15) is 33.0 Å². The van der Waals surface area contributed by atoms with Crippen molar-refractivity contribution in [2.75, 3.05) is 6.54 Å². The van der Waals surface area contributed by atoms with Gasteiger partial charge in [0.15, 0.2) is 11.6 Å². The van der Waals surface area contributed by atoms with Gasteiger partial charge in [-0.1, -0.05) is 24.3 Å². The summed E-state index contributed by atoms with van der Waals surface area (Å²) in [5.74, 6) is -1.75. The molecule has 2 aromatic heterocycles. The van der Waals surface area contributed by atoms with Crippen LogP contribution in [0.15, 0.2) is 53.5 Å². The zero-order chi connectivity index (χ0) is 24.4. The molecule has 0 spiro atoms. The Morgan fingerprint density at radius 3 is 2.68 bits per heavy atom. The Labute approximate surface area is 194 Å². The number of nitrogens with zero attached hydrogens (tertiary/aromatic N) is 4. The van der Waals surface area contributed by atoms with E-state index in [4.69, 9.17) is 0 Å². The van der Waals surface area contributed by atoms with Gasteiger partial charge in [0.2, 0.25) is 0 Å². The Kier molecular flexibility index (Phi) is 6.36. The number of amides is 1. The first kappa shape index (κ1) is 23.0. The Morgan fingerprint density at radius 2 is 1.91 bits per heavy atom. The summed E-state index contributed by atoms with van der Waals surface area (Å²) >= 11 is 0. The van der Waals surface area contributed by atoms with E-state index in [9.17, 15) is 18.4 Å². The summed E-state index contributed by atoms with van der Waals surface area (Å²) in [4.78, 5) is 34.2. The Morgan fingerprint density at radius 1 is 1.12 bits per heavy atom. The van der Waals surface area contributed by atoms with E-state index in [1.54, 1.807) is 26.2 Å². The van der Waals surface area contributed by atoms with E-state index >= 15 is 0 Å². The van der Waals surface area contributed by atoms with Crippen LogP contribution in [0.5, 0.6) is 0 Å². The maximum absolute atomic E-state index is 13.5. The highest BCUT2D eigenvalue weighted by atomic mass is 19.2. The fourth-order valence-corrected chi connectivity index (χ4v) is 3.70. The first-order chi connectivity index (χ1) is 16.2. The number of nitrogens with one attached hydrogen (secondary N) is 1. The largest absolute Gasteiger partial charge is 0.348 e. The minimum Gasteiger partial charge on any atom is -0.348 e. The highest BCUT2D eigenvalue weighted by Gasteiger charge is 2.21. The molecule has 4 rings (SSSR count). The molecule has 0 atom stereocenters. The zero-order valence-electron chi connectivity index (χ0n) is 19.0. The van der Waals surface area contributed by atoms with Gasteiger partial charge < -0.3 is 5.32 Å². The van der Waals surface area contributed by atoms with Crippen molar-refractivity contribution in [3.8, 4) is 0 Å². The van der Waals surface area contributed by atoms with Crippen LogP contribution in [0.3, 0.4) is 0 Å². The molecule has 7 nitrogen and oxygen atoms in total. The second-order valence-electron chi connectivity index (χ2n) is 7.94. The molecule has 1 amide bonds. The highest BCUT2D eigenvalue weighted by Crippen LogP contribution is 2.14. The van der Waals surface area contributed by atoms with E-state index in [1.807, 2.05) is 31.2 Å². The number of hydrogen-bond donors (Lipinski definition) is 1. The van der Waals surface area contributed by atoms with E-state index in [0.717, 1.165) is 28.6 Å². The van der Waals surface area contributed by atoms with Gasteiger partial charge in [-0.15, -0.1) is 0 Å². The van der Waals surface area contributed by atoms with Gasteiger partial charge in [-0.25, -0.2) is 23.4 Å². The summed E-state index contributed by atoms with van der Waals surface area (Å²) < 4.78 is 29.6. The van der Waals surface area contributed by atoms with Gasteiger partial charge in [0.25, 0.3) is 11.5 Å². The lowest BCUT2D eigenvalue weighted by Crippen LogP contribution is -2.31. The number of rotatable bonds is 6. The summed E-state index contributed by atoms with van der Waals surface area (Å²) in [6.07, 6.45) is 5.41. The molecule has 0 saturated heterocycles. The molecule has 0 saturated carbocycles. The third kappa shape index (κ3) is 4.63. The molecule has 0 radical (unpaired) electrons. The van der Waals surface area contributed by atoms with Crippen molar-refractivity contribution in [1.29, 1.82) is 0 Å². The van der Waals surface area contributed by atoms with Gasteiger partial charge >= 0.3 is 0 Å². The van der Waals surface area contributed by atoms with Gasteiger partial charge in [0.05, 0.1) is 12.1 Å². The number of benzene rings is 2. The average Bonchev–Trinajstić information content (AvgIpc) is 3.02. The second kappa shape index (κ2) is 9.38. The minimum absolute atomic E-state index is 0.00571. The lowest BCUT2D eigenvalue weighted by atomic mass is 10.1. The Balaban J connectivity index is 1.46. The van der Waals surface area contributed by atoms with Crippen molar-refractivity contribution < 1.29 is 13.6 Å². The van der Waals surface area contributed by atoms with E-state index in [2.05, 4.69) is 15.3 Å². The zero-order valence-corrected chi connectivity index (χ0v) is 19.0. The molecule has 2 heterocycles. The molecule has 2 aromatic carbocycles. The molecule has 174 valence electrons. The van der Waals surface area contributed by atoms with Crippen LogP contribution < -0.4 is 10.9 Å². The fraction of sp³-hybridized carbons (Fsp3) is 0.200. The number of carbonyl (C=O) groups excluding carboxylic acids is 1. The summed E-state index contributed by atoms with van der Waals surface area (Å²) in [7, 11) is 1.64. The Hall–Kier alpha value is -4.14. The number of halogens is 2. The van der Waals surface area contributed by atoms with Crippen LogP contribution in [0.25, 0.3) is 17.0 Å². The average molecular weight is 463 g/mol. The first-order valence-corrected chi connectivity index (χ1v) is 10.6. The number of aryl methyl sites for hydroxylation is 1. The maximum Gasteiger partial charge on any atom is 0.280 e. The Bertz CT molecular complexity index is 1490. The van der Waals surface area contributed by atoms with E-state index in [-0.39, 0.29) is 18.7 Å². The molecule has 0 aliphatic carbocycles. The molecule has 0 aliphatic heterocycles. The molecule has 0 unspecified atom stereocenters. The van der Waals surface area contributed by atoms with Gasteiger partial charge in [-0.3, -0.25) is 14.3 Å². The summed E-state index contributed by atoms with van der Waals surface area (Å²) in [6.45, 7) is 3.72. The molecule has 0 aliphatic rings. The molecular weight excluding hydrogens is 440 g/mol. The predicted octanol–water partition coefficient (Wildman–Crippen LogP) is 3.52. The smallest absolute Gasteiger partial charge is 0.280 e. The van der Waals surface area contributed by atoms with Gasteiger partial charge in [-0.05, 0) is 49.2 Å².